The van der Waals surface area contributed by atoms with Crippen LogP contribution in [0.1, 0.15) is 58.8 Å². The molecule has 4 rings (SSSR count). The van der Waals surface area contributed by atoms with Crippen molar-refractivity contribution in [2.75, 3.05) is 31.1 Å². The summed E-state index contributed by atoms with van der Waals surface area (Å²) in [4.78, 5) is 15.7. The Kier molecular flexibility index (Phi) is 9.98. The maximum absolute atomic E-state index is 13.6. The SMILES string of the molecule is CCCCCCCCC(C)Oc1c(N2CCN(S(=O)(=O)c3cccs3)CC2)cnn(-c2ccccc2)c1=O. The summed E-state index contributed by atoms with van der Waals surface area (Å²) in [5.74, 6) is 0.275. The zero-order chi connectivity index (χ0) is 27.0. The zero-order valence-corrected chi connectivity index (χ0v) is 23.9. The van der Waals surface area contributed by atoms with Gasteiger partial charge in [0.15, 0.2) is 0 Å². The molecule has 0 saturated carbocycles. The highest BCUT2D eigenvalue weighted by atomic mass is 32.2. The van der Waals surface area contributed by atoms with Crippen LogP contribution in [0, 0.1) is 0 Å². The second-order valence-corrected chi connectivity index (χ2v) is 12.8. The van der Waals surface area contributed by atoms with Gasteiger partial charge in [0, 0.05) is 26.2 Å². The van der Waals surface area contributed by atoms with Gasteiger partial charge in [-0.25, -0.2) is 8.42 Å². The number of aromatic nitrogens is 2. The molecule has 8 nitrogen and oxygen atoms in total. The number of rotatable bonds is 13. The summed E-state index contributed by atoms with van der Waals surface area (Å²) in [7, 11) is -3.51. The second kappa shape index (κ2) is 13.4. The average molecular weight is 559 g/mol. The number of nitrogens with zero attached hydrogens (tertiary/aromatic N) is 4. The number of hydrogen-bond acceptors (Lipinski definition) is 7. The van der Waals surface area contributed by atoms with Crippen LogP contribution in [-0.4, -0.2) is 54.8 Å². The van der Waals surface area contributed by atoms with Crippen LogP contribution < -0.4 is 15.2 Å². The fourth-order valence-corrected chi connectivity index (χ4v) is 7.26. The lowest BCUT2D eigenvalue weighted by atomic mass is 10.1. The van der Waals surface area contributed by atoms with Crippen LogP contribution in [0.3, 0.4) is 0 Å². The van der Waals surface area contributed by atoms with Gasteiger partial charge < -0.3 is 9.64 Å². The lowest BCUT2D eigenvalue weighted by Gasteiger charge is -2.35. The van der Waals surface area contributed by atoms with Crippen LogP contribution in [0.25, 0.3) is 5.69 Å². The number of sulfonamides is 1. The molecule has 206 valence electrons. The number of thiophene rings is 1. The Morgan fingerprint density at radius 3 is 2.37 bits per heavy atom. The van der Waals surface area contributed by atoms with Gasteiger partial charge in [0.25, 0.3) is 10.0 Å². The third kappa shape index (κ3) is 6.84. The van der Waals surface area contributed by atoms with Gasteiger partial charge in [-0.2, -0.15) is 14.1 Å². The summed E-state index contributed by atoms with van der Waals surface area (Å²) in [6.07, 6.45) is 9.61. The molecule has 1 saturated heterocycles. The quantitative estimate of drug-likeness (QED) is 0.264. The molecule has 0 spiro atoms. The Bertz CT molecular complexity index is 1300. The molecule has 0 N–H and O–H groups in total. The molecule has 1 aliphatic rings. The number of hydrogen-bond donors (Lipinski definition) is 0. The van der Waals surface area contributed by atoms with Crippen molar-refractivity contribution >= 4 is 27.0 Å². The third-order valence-corrected chi connectivity index (χ3v) is 10.1. The molecule has 0 bridgehead atoms. The van der Waals surface area contributed by atoms with Crippen molar-refractivity contribution in [3.8, 4) is 11.4 Å². The fourth-order valence-electron chi connectivity index (χ4n) is 4.70. The Morgan fingerprint density at radius 1 is 0.974 bits per heavy atom. The van der Waals surface area contributed by atoms with E-state index < -0.39 is 10.0 Å². The van der Waals surface area contributed by atoms with E-state index in [-0.39, 0.29) is 17.4 Å². The van der Waals surface area contributed by atoms with Gasteiger partial charge >= 0.3 is 5.56 Å². The van der Waals surface area contributed by atoms with Crippen molar-refractivity contribution < 1.29 is 13.2 Å². The predicted octanol–water partition coefficient (Wildman–Crippen LogP) is 5.32. The van der Waals surface area contributed by atoms with Gasteiger partial charge in [-0.3, -0.25) is 4.79 Å². The van der Waals surface area contributed by atoms with Crippen LogP contribution in [0.15, 0.2) is 63.0 Å². The molecule has 1 fully saturated rings. The summed E-state index contributed by atoms with van der Waals surface area (Å²) < 4.78 is 35.5. The van der Waals surface area contributed by atoms with Crippen molar-refractivity contribution in [2.45, 2.75) is 69.1 Å². The minimum Gasteiger partial charge on any atom is -0.483 e. The second-order valence-electron chi connectivity index (χ2n) is 9.72. The molecular weight excluding hydrogens is 520 g/mol. The fraction of sp³-hybridized carbons (Fsp3) is 0.500. The highest BCUT2D eigenvalue weighted by Gasteiger charge is 2.31. The Labute approximate surface area is 229 Å². The highest BCUT2D eigenvalue weighted by molar-refractivity contribution is 7.91. The van der Waals surface area contributed by atoms with Gasteiger partial charge in [-0.1, -0.05) is 63.3 Å². The Balaban J connectivity index is 1.51. The van der Waals surface area contributed by atoms with Gasteiger partial charge in [0.05, 0.1) is 18.0 Å². The number of anilines is 1. The number of unbranched alkanes of at least 4 members (excludes halogenated alkanes) is 5. The van der Waals surface area contributed by atoms with Gasteiger partial charge in [-0.05, 0) is 43.3 Å². The standard InChI is InChI=1S/C28H38N4O4S2/c1-3-4-5-6-7-9-13-23(2)36-27-25(22-29-32(28(27)33)24-14-10-8-11-15-24)30-17-19-31(20-18-30)38(34,35)26-16-12-21-37-26/h8,10-12,14-16,21-23H,3-7,9,13,17-20H2,1-2H3. The largest absolute Gasteiger partial charge is 0.483 e. The van der Waals surface area contributed by atoms with E-state index in [2.05, 4.69) is 12.0 Å². The van der Waals surface area contributed by atoms with E-state index in [1.165, 1.54) is 46.0 Å². The van der Waals surface area contributed by atoms with E-state index in [1.807, 2.05) is 42.2 Å². The molecule has 10 heteroatoms. The molecule has 1 atom stereocenters. The summed E-state index contributed by atoms with van der Waals surface area (Å²) in [5, 5.41) is 6.23. The van der Waals surface area contributed by atoms with E-state index in [0.29, 0.717) is 41.8 Å². The molecule has 1 aromatic carbocycles. The average Bonchev–Trinajstić information content (AvgIpc) is 3.49. The molecule has 1 unspecified atom stereocenters. The molecule has 1 aliphatic heterocycles. The predicted molar refractivity (Wildman–Crippen MR) is 153 cm³/mol. The highest BCUT2D eigenvalue weighted by Crippen LogP contribution is 2.29. The first kappa shape index (κ1) is 28.3. The van der Waals surface area contributed by atoms with Crippen LogP contribution >= 0.6 is 11.3 Å². The molecule has 0 amide bonds. The minimum atomic E-state index is -3.51. The van der Waals surface area contributed by atoms with Crippen molar-refractivity contribution in [2.24, 2.45) is 0 Å². The molecule has 3 heterocycles. The number of benzene rings is 1. The normalized spacial score (nSPS) is 15.5. The summed E-state index contributed by atoms with van der Waals surface area (Å²) in [6, 6.07) is 12.7. The van der Waals surface area contributed by atoms with E-state index >= 15 is 0 Å². The number of piperazine rings is 1. The summed E-state index contributed by atoms with van der Waals surface area (Å²) >= 11 is 1.23. The van der Waals surface area contributed by atoms with E-state index in [0.717, 1.165) is 19.3 Å². The number of para-hydroxylation sites is 1. The van der Waals surface area contributed by atoms with Crippen molar-refractivity contribution in [1.82, 2.24) is 14.1 Å². The monoisotopic (exact) mass is 558 g/mol. The van der Waals surface area contributed by atoms with E-state index in [9.17, 15) is 13.2 Å². The minimum absolute atomic E-state index is 0.125. The van der Waals surface area contributed by atoms with Crippen molar-refractivity contribution in [1.29, 1.82) is 0 Å². The molecule has 0 aliphatic carbocycles. The first-order valence-electron chi connectivity index (χ1n) is 13.5. The maximum Gasteiger partial charge on any atom is 0.316 e. The first-order chi connectivity index (χ1) is 18.4. The maximum atomic E-state index is 13.6. The zero-order valence-electron chi connectivity index (χ0n) is 22.3. The molecular formula is C28H38N4O4S2. The Morgan fingerprint density at radius 2 is 1.68 bits per heavy atom. The Hall–Kier alpha value is -2.69. The third-order valence-electron chi connectivity index (χ3n) is 6.87. The molecule has 38 heavy (non-hydrogen) atoms. The van der Waals surface area contributed by atoms with Gasteiger partial charge in [0.1, 0.15) is 9.90 Å². The molecule has 3 aromatic rings. The summed E-state index contributed by atoms with van der Waals surface area (Å²) in [6.45, 7) is 5.77. The van der Waals surface area contributed by atoms with Gasteiger partial charge in [0.2, 0.25) is 5.75 Å². The smallest absolute Gasteiger partial charge is 0.316 e. The summed E-state index contributed by atoms with van der Waals surface area (Å²) in [5.41, 5.74) is 0.978. The first-order valence-corrected chi connectivity index (χ1v) is 15.9. The van der Waals surface area contributed by atoms with Gasteiger partial charge in [-0.15, -0.1) is 11.3 Å². The van der Waals surface area contributed by atoms with Crippen molar-refractivity contribution in [3.05, 3.63) is 64.4 Å². The van der Waals surface area contributed by atoms with Crippen LogP contribution in [0.5, 0.6) is 5.75 Å². The van der Waals surface area contributed by atoms with Crippen molar-refractivity contribution in [3.63, 3.8) is 0 Å². The topological polar surface area (TPSA) is 84.7 Å². The van der Waals surface area contributed by atoms with Crippen LogP contribution in [0.4, 0.5) is 5.69 Å². The van der Waals surface area contributed by atoms with Crippen LogP contribution in [-0.2, 0) is 10.0 Å². The molecule has 2 aromatic heterocycles. The lowest BCUT2D eigenvalue weighted by Crippen LogP contribution is -2.49. The van der Waals surface area contributed by atoms with E-state index in [4.69, 9.17) is 4.74 Å². The molecule has 0 radical (unpaired) electrons. The lowest BCUT2D eigenvalue weighted by molar-refractivity contribution is 0.202. The van der Waals surface area contributed by atoms with E-state index in [1.54, 1.807) is 23.7 Å². The van der Waals surface area contributed by atoms with Crippen LogP contribution in [0.2, 0.25) is 0 Å². The number of ether oxygens (including phenoxy) is 1.